The fourth-order valence-corrected chi connectivity index (χ4v) is 5.54. The molecule has 1 saturated heterocycles. The van der Waals surface area contributed by atoms with E-state index in [4.69, 9.17) is 16.3 Å². The number of carbonyl (C=O) groups excluding carboxylic acids is 1. The third-order valence-corrected chi connectivity index (χ3v) is 7.95. The number of hydrogen-bond donors (Lipinski definition) is 1. The van der Waals surface area contributed by atoms with E-state index in [1.165, 1.54) is 16.4 Å². The predicted octanol–water partition coefficient (Wildman–Crippen LogP) is 4.22. The van der Waals surface area contributed by atoms with E-state index >= 15 is 0 Å². The highest BCUT2D eigenvalue weighted by Crippen LogP contribution is 2.29. The van der Waals surface area contributed by atoms with Crippen molar-refractivity contribution in [2.24, 2.45) is 0 Å². The standard InChI is InChI=1S/C25H21ClN4O4S/c26-22-3-1-2-20-21(16-23(29-24(20)22)17-8-10-27-11-9-17)25(31)28-18-4-6-19(7-5-18)35(32,33)30-12-14-34-15-13-30/h1-11,16H,12-15H2,(H,28,31). The number of halogens is 1. The first kappa shape index (κ1) is 23.4. The maximum Gasteiger partial charge on any atom is 0.256 e. The van der Waals surface area contributed by atoms with Crippen LogP contribution in [-0.4, -0.2) is 54.9 Å². The lowest BCUT2D eigenvalue weighted by Gasteiger charge is -2.26. The Kier molecular flexibility index (Phi) is 6.48. The summed E-state index contributed by atoms with van der Waals surface area (Å²) in [6.07, 6.45) is 3.31. The summed E-state index contributed by atoms with van der Waals surface area (Å²) in [6, 6.07) is 16.7. The van der Waals surface area contributed by atoms with Gasteiger partial charge < -0.3 is 10.1 Å². The van der Waals surface area contributed by atoms with Crippen LogP contribution >= 0.6 is 11.6 Å². The van der Waals surface area contributed by atoms with E-state index in [1.54, 1.807) is 60.9 Å². The van der Waals surface area contributed by atoms with Gasteiger partial charge in [-0.15, -0.1) is 0 Å². The second-order valence-corrected chi connectivity index (χ2v) is 10.3. The summed E-state index contributed by atoms with van der Waals surface area (Å²) in [5.74, 6) is -0.362. The molecule has 1 aliphatic rings. The first-order valence-corrected chi connectivity index (χ1v) is 12.7. The van der Waals surface area contributed by atoms with Gasteiger partial charge in [0, 0.05) is 42.1 Å². The van der Waals surface area contributed by atoms with Crippen molar-refractivity contribution in [3.8, 4) is 11.3 Å². The van der Waals surface area contributed by atoms with Gasteiger partial charge in [-0.25, -0.2) is 13.4 Å². The number of pyridine rings is 2. The zero-order valence-electron chi connectivity index (χ0n) is 18.5. The number of fused-ring (bicyclic) bond motifs is 1. The van der Waals surface area contributed by atoms with Gasteiger partial charge in [-0.2, -0.15) is 4.31 Å². The lowest BCUT2D eigenvalue weighted by molar-refractivity contribution is 0.0730. The number of amides is 1. The molecule has 0 aliphatic carbocycles. The molecule has 0 unspecified atom stereocenters. The molecule has 1 amide bonds. The highest BCUT2D eigenvalue weighted by atomic mass is 35.5. The van der Waals surface area contributed by atoms with Crippen LogP contribution < -0.4 is 5.32 Å². The smallest absolute Gasteiger partial charge is 0.256 e. The second kappa shape index (κ2) is 9.71. The number of sulfonamides is 1. The van der Waals surface area contributed by atoms with Crippen molar-refractivity contribution < 1.29 is 17.9 Å². The molecule has 0 bridgehead atoms. The fraction of sp³-hybridized carbons (Fsp3) is 0.160. The van der Waals surface area contributed by atoms with Crippen LogP contribution in [0.5, 0.6) is 0 Å². The average molecular weight is 509 g/mol. The second-order valence-electron chi connectivity index (χ2n) is 7.92. The molecule has 1 fully saturated rings. The van der Waals surface area contributed by atoms with Crippen LogP contribution in [0.25, 0.3) is 22.2 Å². The molecule has 0 saturated carbocycles. The average Bonchev–Trinajstić information content (AvgIpc) is 2.90. The Hall–Kier alpha value is -3.37. The Morgan fingerprint density at radius 1 is 1.00 bits per heavy atom. The first-order chi connectivity index (χ1) is 16.9. The SMILES string of the molecule is O=C(Nc1ccc(S(=O)(=O)N2CCOCC2)cc1)c1cc(-c2ccncc2)nc2c(Cl)cccc12. The lowest BCUT2D eigenvalue weighted by Crippen LogP contribution is -2.40. The number of ether oxygens (including phenoxy) is 1. The number of rotatable bonds is 5. The van der Waals surface area contributed by atoms with Crippen LogP contribution in [0.3, 0.4) is 0 Å². The van der Waals surface area contributed by atoms with Gasteiger partial charge in [0.25, 0.3) is 5.91 Å². The van der Waals surface area contributed by atoms with Crippen LogP contribution in [0.4, 0.5) is 5.69 Å². The number of nitrogens with zero attached hydrogens (tertiary/aromatic N) is 3. The van der Waals surface area contributed by atoms with Crippen LogP contribution in [-0.2, 0) is 14.8 Å². The number of carbonyl (C=O) groups is 1. The molecule has 1 aliphatic heterocycles. The van der Waals surface area contributed by atoms with Crippen molar-refractivity contribution in [2.75, 3.05) is 31.6 Å². The van der Waals surface area contributed by atoms with E-state index in [1.807, 2.05) is 0 Å². The van der Waals surface area contributed by atoms with E-state index in [-0.39, 0.29) is 10.8 Å². The van der Waals surface area contributed by atoms with Gasteiger partial charge in [0.1, 0.15) is 0 Å². The summed E-state index contributed by atoms with van der Waals surface area (Å²) in [4.78, 5) is 22.2. The summed E-state index contributed by atoms with van der Waals surface area (Å²) < 4.78 is 32.3. The molecule has 3 heterocycles. The van der Waals surface area contributed by atoms with E-state index in [2.05, 4.69) is 15.3 Å². The Morgan fingerprint density at radius 3 is 2.43 bits per heavy atom. The summed E-state index contributed by atoms with van der Waals surface area (Å²) in [7, 11) is -3.62. The molecule has 35 heavy (non-hydrogen) atoms. The maximum atomic E-state index is 13.3. The lowest BCUT2D eigenvalue weighted by atomic mass is 10.0. The summed E-state index contributed by atoms with van der Waals surface area (Å²) in [5.41, 5.74) is 2.77. The number of morpholine rings is 1. The molecular weight excluding hydrogens is 488 g/mol. The van der Waals surface area contributed by atoms with E-state index in [9.17, 15) is 13.2 Å². The Balaban J connectivity index is 1.45. The highest BCUT2D eigenvalue weighted by Gasteiger charge is 2.26. The zero-order chi connectivity index (χ0) is 24.4. The molecule has 178 valence electrons. The summed E-state index contributed by atoms with van der Waals surface area (Å²) in [6.45, 7) is 1.38. The molecule has 2 aromatic heterocycles. The van der Waals surface area contributed by atoms with Crippen molar-refractivity contribution in [1.82, 2.24) is 14.3 Å². The predicted molar refractivity (Wildman–Crippen MR) is 134 cm³/mol. The Morgan fingerprint density at radius 2 is 1.71 bits per heavy atom. The number of benzene rings is 2. The minimum absolute atomic E-state index is 0.165. The van der Waals surface area contributed by atoms with E-state index < -0.39 is 10.0 Å². The molecule has 5 rings (SSSR count). The fourth-order valence-electron chi connectivity index (χ4n) is 3.92. The van der Waals surface area contributed by atoms with Crippen LogP contribution in [0.2, 0.25) is 5.02 Å². The number of para-hydroxylation sites is 1. The maximum absolute atomic E-state index is 13.3. The van der Waals surface area contributed by atoms with Crippen molar-refractivity contribution in [2.45, 2.75) is 4.90 Å². The monoisotopic (exact) mass is 508 g/mol. The van der Waals surface area contributed by atoms with Gasteiger partial charge in [-0.1, -0.05) is 23.7 Å². The minimum atomic E-state index is -3.62. The van der Waals surface area contributed by atoms with Gasteiger partial charge in [-0.3, -0.25) is 9.78 Å². The van der Waals surface area contributed by atoms with Crippen molar-refractivity contribution in [3.05, 3.63) is 83.6 Å². The first-order valence-electron chi connectivity index (χ1n) is 10.9. The third-order valence-electron chi connectivity index (χ3n) is 5.73. The largest absolute Gasteiger partial charge is 0.379 e. The Bertz CT molecular complexity index is 1490. The van der Waals surface area contributed by atoms with Gasteiger partial charge in [0.05, 0.1) is 39.9 Å². The Labute approximate surface area is 207 Å². The van der Waals surface area contributed by atoms with Gasteiger partial charge in [-0.05, 0) is 48.5 Å². The van der Waals surface area contributed by atoms with E-state index in [0.717, 1.165) is 5.56 Å². The number of nitrogens with one attached hydrogen (secondary N) is 1. The molecular formula is C25H21ClN4O4S. The van der Waals surface area contributed by atoms with E-state index in [0.29, 0.717) is 59.2 Å². The van der Waals surface area contributed by atoms with Gasteiger partial charge in [0.15, 0.2) is 0 Å². The number of hydrogen-bond acceptors (Lipinski definition) is 6. The van der Waals surface area contributed by atoms with Crippen molar-refractivity contribution in [3.63, 3.8) is 0 Å². The minimum Gasteiger partial charge on any atom is -0.379 e. The van der Waals surface area contributed by atoms with Crippen LogP contribution in [0, 0.1) is 0 Å². The zero-order valence-corrected chi connectivity index (χ0v) is 20.1. The van der Waals surface area contributed by atoms with Gasteiger partial charge in [0.2, 0.25) is 10.0 Å². The highest BCUT2D eigenvalue weighted by molar-refractivity contribution is 7.89. The van der Waals surface area contributed by atoms with Crippen LogP contribution in [0.15, 0.2) is 78.0 Å². The molecule has 1 N–H and O–H groups in total. The molecule has 8 nitrogen and oxygen atoms in total. The summed E-state index contributed by atoms with van der Waals surface area (Å²) in [5, 5.41) is 3.90. The molecule has 0 radical (unpaired) electrons. The molecule has 4 aromatic rings. The number of aromatic nitrogens is 2. The number of anilines is 1. The topological polar surface area (TPSA) is 101 Å². The normalized spacial score (nSPS) is 14.7. The summed E-state index contributed by atoms with van der Waals surface area (Å²) >= 11 is 6.40. The molecule has 0 spiro atoms. The van der Waals surface area contributed by atoms with Crippen molar-refractivity contribution >= 4 is 44.1 Å². The molecule has 2 aromatic carbocycles. The van der Waals surface area contributed by atoms with Gasteiger partial charge >= 0.3 is 0 Å². The quantitative estimate of drug-likeness (QED) is 0.433. The molecule has 10 heteroatoms. The van der Waals surface area contributed by atoms with Crippen molar-refractivity contribution in [1.29, 1.82) is 0 Å². The van der Waals surface area contributed by atoms with Crippen LogP contribution in [0.1, 0.15) is 10.4 Å². The third kappa shape index (κ3) is 4.76. The molecule has 0 atom stereocenters.